The molecule has 3 atom stereocenters. The Kier molecular flexibility index (Phi) is 2.97. The van der Waals surface area contributed by atoms with Crippen LogP contribution in [0.1, 0.15) is 12.8 Å². The molecule has 3 rings (SSSR count). The van der Waals surface area contributed by atoms with E-state index in [-0.39, 0.29) is 11.1 Å². The Morgan fingerprint density at radius 3 is 2.59 bits per heavy atom. The lowest BCUT2D eigenvalue weighted by atomic mass is 10.0. The standard InChI is InChI=1S/C13H15ClFNO/c14-12-2-1-10(5-13(12)15)17-11-3-8-6-16-7-9(8)4-11/h1-2,5,8-9,11,16H,3-4,6-7H2/t8-,9+,11-. The highest BCUT2D eigenvalue weighted by Gasteiger charge is 2.38. The topological polar surface area (TPSA) is 21.3 Å². The summed E-state index contributed by atoms with van der Waals surface area (Å²) in [6.07, 6.45) is 2.37. The second-order valence-corrected chi connectivity index (χ2v) is 5.37. The van der Waals surface area contributed by atoms with Crippen molar-refractivity contribution < 1.29 is 9.13 Å². The summed E-state index contributed by atoms with van der Waals surface area (Å²) >= 11 is 5.64. The van der Waals surface area contributed by atoms with Crippen molar-refractivity contribution in [2.75, 3.05) is 13.1 Å². The molecule has 0 spiro atoms. The molecule has 1 saturated heterocycles. The fraction of sp³-hybridized carbons (Fsp3) is 0.538. The van der Waals surface area contributed by atoms with Crippen LogP contribution < -0.4 is 10.1 Å². The number of nitrogens with one attached hydrogen (secondary N) is 1. The van der Waals surface area contributed by atoms with Crippen LogP contribution in [0.25, 0.3) is 0 Å². The van der Waals surface area contributed by atoms with E-state index in [2.05, 4.69) is 5.32 Å². The van der Waals surface area contributed by atoms with Crippen LogP contribution in [0, 0.1) is 17.7 Å². The fourth-order valence-electron chi connectivity index (χ4n) is 2.95. The first kappa shape index (κ1) is 11.3. The lowest BCUT2D eigenvalue weighted by molar-refractivity contribution is 0.198. The van der Waals surface area contributed by atoms with Crippen LogP contribution in [-0.2, 0) is 0 Å². The third kappa shape index (κ3) is 2.26. The van der Waals surface area contributed by atoms with Crippen LogP contribution in [-0.4, -0.2) is 19.2 Å². The Morgan fingerprint density at radius 2 is 1.94 bits per heavy atom. The summed E-state index contributed by atoms with van der Waals surface area (Å²) in [7, 11) is 0. The van der Waals surface area contributed by atoms with E-state index in [4.69, 9.17) is 16.3 Å². The minimum Gasteiger partial charge on any atom is -0.490 e. The molecule has 0 unspecified atom stereocenters. The molecule has 92 valence electrons. The first-order chi connectivity index (χ1) is 8.22. The van der Waals surface area contributed by atoms with Crippen molar-refractivity contribution in [2.24, 2.45) is 11.8 Å². The molecule has 0 bridgehead atoms. The first-order valence-electron chi connectivity index (χ1n) is 6.05. The van der Waals surface area contributed by atoms with E-state index < -0.39 is 5.82 Å². The zero-order valence-electron chi connectivity index (χ0n) is 9.46. The molecule has 1 aromatic carbocycles. The second kappa shape index (κ2) is 4.46. The quantitative estimate of drug-likeness (QED) is 0.878. The van der Waals surface area contributed by atoms with Gasteiger partial charge < -0.3 is 10.1 Å². The molecule has 1 heterocycles. The van der Waals surface area contributed by atoms with E-state index in [1.807, 2.05) is 0 Å². The molecule has 1 aliphatic carbocycles. The van der Waals surface area contributed by atoms with Crippen LogP contribution in [0.4, 0.5) is 4.39 Å². The average Bonchev–Trinajstić information content (AvgIpc) is 2.84. The van der Waals surface area contributed by atoms with Gasteiger partial charge in [-0.3, -0.25) is 0 Å². The SMILES string of the molecule is Fc1cc(O[C@H]2C[C@H]3CNC[C@H]3C2)ccc1Cl. The smallest absolute Gasteiger partial charge is 0.145 e. The lowest BCUT2D eigenvalue weighted by Gasteiger charge is -2.14. The van der Waals surface area contributed by atoms with Crippen molar-refractivity contribution >= 4 is 11.6 Å². The van der Waals surface area contributed by atoms with Crippen molar-refractivity contribution in [3.8, 4) is 5.75 Å². The normalized spacial score (nSPS) is 31.5. The van der Waals surface area contributed by atoms with E-state index in [0.29, 0.717) is 5.75 Å². The number of benzene rings is 1. The van der Waals surface area contributed by atoms with E-state index in [9.17, 15) is 4.39 Å². The van der Waals surface area contributed by atoms with Gasteiger partial charge in [-0.2, -0.15) is 0 Å². The van der Waals surface area contributed by atoms with Gasteiger partial charge in [-0.05, 0) is 49.9 Å². The van der Waals surface area contributed by atoms with Crippen LogP contribution in [0.5, 0.6) is 5.75 Å². The largest absolute Gasteiger partial charge is 0.490 e. The molecular formula is C13H15ClFNO. The molecule has 1 N–H and O–H groups in total. The Hall–Kier alpha value is -0.800. The van der Waals surface area contributed by atoms with Crippen molar-refractivity contribution in [2.45, 2.75) is 18.9 Å². The molecule has 0 amide bonds. The average molecular weight is 256 g/mol. The van der Waals surface area contributed by atoms with Gasteiger partial charge in [-0.25, -0.2) is 4.39 Å². The molecule has 4 heteroatoms. The molecule has 2 fully saturated rings. The summed E-state index contributed by atoms with van der Waals surface area (Å²) in [5.41, 5.74) is 0. The number of fused-ring (bicyclic) bond motifs is 1. The molecule has 1 aliphatic heterocycles. The van der Waals surface area contributed by atoms with Gasteiger partial charge in [-0.1, -0.05) is 11.6 Å². The molecular weight excluding hydrogens is 241 g/mol. The minimum absolute atomic E-state index is 0.143. The van der Waals surface area contributed by atoms with Gasteiger partial charge in [0.05, 0.1) is 11.1 Å². The molecule has 2 aliphatic rings. The number of hydrogen-bond acceptors (Lipinski definition) is 2. The maximum Gasteiger partial charge on any atom is 0.145 e. The van der Waals surface area contributed by atoms with Gasteiger partial charge >= 0.3 is 0 Å². The molecule has 0 radical (unpaired) electrons. The summed E-state index contributed by atoms with van der Waals surface area (Å²) in [6.45, 7) is 2.19. The molecule has 2 nitrogen and oxygen atoms in total. The van der Waals surface area contributed by atoms with Crippen LogP contribution in [0.2, 0.25) is 5.02 Å². The van der Waals surface area contributed by atoms with E-state index in [1.54, 1.807) is 12.1 Å². The zero-order valence-corrected chi connectivity index (χ0v) is 10.2. The zero-order chi connectivity index (χ0) is 11.8. The van der Waals surface area contributed by atoms with Crippen molar-refractivity contribution in [3.05, 3.63) is 29.0 Å². The van der Waals surface area contributed by atoms with Gasteiger partial charge in [0.15, 0.2) is 0 Å². The summed E-state index contributed by atoms with van der Waals surface area (Å²) in [5.74, 6) is 1.64. The molecule has 1 aromatic rings. The summed E-state index contributed by atoms with van der Waals surface area (Å²) in [4.78, 5) is 0. The highest BCUT2D eigenvalue weighted by molar-refractivity contribution is 6.30. The predicted molar refractivity (Wildman–Crippen MR) is 64.9 cm³/mol. The summed E-state index contributed by atoms with van der Waals surface area (Å²) in [6, 6.07) is 4.65. The number of halogens is 2. The first-order valence-corrected chi connectivity index (χ1v) is 6.42. The minimum atomic E-state index is -0.413. The second-order valence-electron chi connectivity index (χ2n) is 4.97. The summed E-state index contributed by atoms with van der Waals surface area (Å²) < 4.78 is 19.1. The lowest BCUT2D eigenvalue weighted by Crippen LogP contribution is -2.18. The Labute approximate surface area is 105 Å². The van der Waals surface area contributed by atoms with Crippen molar-refractivity contribution in [3.63, 3.8) is 0 Å². The van der Waals surface area contributed by atoms with E-state index in [1.165, 1.54) is 6.07 Å². The van der Waals surface area contributed by atoms with Gasteiger partial charge in [0.1, 0.15) is 11.6 Å². The monoisotopic (exact) mass is 255 g/mol. The Morgan fingerprint density at radius 1 is 1.24 bits per heavy atom. The Bertz CT molecular complexity index is 414. The summed E-state index contributed by atoms with van der Waals surface area (Å²) in [5, 5.41) is 3.54. The third-order valence-electron chi connectivity index (χ3n) is 3.80. The molecule has 0 aromatic heterocycles. The van der Waals surface area contributed by atoms with E-state index >= 15 is 0 Å². The highest BCUT2D eigenvalue weighted by Crippen LogP contribution is 2.36. The van der Waals surface area contributed by atoms with Gasteiger partial charge in [-0.15, -0.1) is 0 Å². The molecule has 1 saturated carbocycles. The van der Waals surface area contributed by atoms with Gasteiger partial charge in [0.25, 0.3) is 0 Å². The Balaban J connectivity index is 1.65. The highest BCUT2D eigenvalue weighted by atomic mass is 35.5. The maximum absolute atomic E-state index is 13.3. The van der Waals surface area contributed by atoms with Crippen LogP contribution in [0.15, 0.2) is 18.2 Å². The van der Waals surface area contributed by atoms with Crippen LogP contribution in [0.3, 0.4) is 0 Å². The third-order valence-corrected chi connectivity index (χ3v) is 4.11. The predicted octanol–water partition coefficient (Wildman–Crippen LogP) is 2.86. The number of ether oxygens (including phenoxy) is 1. The maximum atomic E-state index is 13.3. The van der Waals surface area contributed by atoms with Crippen LogP contribution >= 0.6 is 11.6 Å². The van der Waals surface area contributed by atoms with Crippen molar-refractivity contribution in [1.82, 2.24) is 5.32 Å². The van der Waals surface area contributed by atoms with E-state index in [0.717, 1.165) is 37.8 Å². The van der Waals surface area contributed by atoms with Crippen molar-refractivity contribution in [1.29, 1.82) is 0 Å². The number of hydrogen-bond donors (Lipinski definition) is 1. The molecule has 17 heavy (non-hydrogen) atoms. The van der Waals surface area contributed by atoms with Gasteiger partial charge in [0, 0.05) is 6.07 Å². The number of rotatable bonds is 2. The fourth-order valence-corrected chi connectivity index (χ4v) is 3.07. The van der Waals surface area contributed by atoms with Gasteiger partial charge in [0.2, 0.25) is 0 Å².